The van der Waals surface area contributed by atoms with E-state index < -0.39 is 0 Å². The van der Waals surface area contributed by atoms with Gasteiger partial charge in [-0.15, -0.1) is 11.3 Å². The van der Waals surface area contributed by atoms with E-state index in [9.17, 15) is 0 Å². The molecule has 6 nitrogen and oxygen atoms in total. The number of allylic oxidation sites excluding steroid dienone is 4. The number of aliphatic imine (C=N–C) groups is 1. The summed E-state index contributed by atoms with van der Waals surface area (Å²) in [6, 6.07) is 41.8. The van der Waals surface area contributed by atoms with Crippen molar-refractivity contribution in [3.8, 4) is 11.1 Å². The summed E-state index contributed by atoms with van der Waals surface area (Å²) in [5.41, 5.74) is 10.8. The number of thiophene rings is 1. The third-order valence-electron chi connectivity index (χ3n) is 11.6. The Morgan fingerprint density at radius 2 is 1.20 bits per heavy atom. The van der Waals surface area contributed by atoms with Crippen molar-refractivity contribution in [2.45, 2.75) is 63.4 Å². The summed E-state index contributed by atoms with van der Waals surface area (Å²) in [7, 11) is 0. The number of nitrogens with one attached hydrogen (secondary N) is 5. The highest BCUT2D eigenvalue weighted by Gasteiger charge is 2.34. The predicted molar refractivity (Wildman–Crippen MR) is 233 cm³/mol. The van der Waals surface area contributed by atoms with Crippen molar-refractivity contribution < 1.29 is 0 Å². The van der Waals surface area contributed by atoms with Crippen LogP contribution in [0.3, 0.4) is 0 Å². The Morgan fingerprint density at radius 1 is 0.536 bits per heavy atom. The average molecular weight is 751 g/mol. The van der Waals surface area contributed by atoms with E-state index in [1.54, 1.807) is 0 Å². The van der Waals surface area contributed by atoms with Gasteiger partial charge >= 0.3 is 0 Å². The molecule has 4 aliphatic rings. The minimum atomic E-state index is -0.195. The van der Waals surface area contributed by atoms with Gasteiger partial charge in [0.05, 0.1) is 18.5 Å². The molecule has 278 valence electrons. The van der Waals surface area contributed by atoms with Crippen LogP contribution in [0.4, 0.5) is 0 Å². The number of hydrogen-bond donors (Lipinski definition) is 5. The highest BCUT2D eigenvalue weighted by molar-refractivity contribution is 7.25. The molecule has 0 saturated carbocycles. The highest BCUT2D eigenvalue weighted by Crippen LogP contribution is 2.39. The van der Waals surface area contributed by atoms with Gasteiger partial charge in [-0.1, -0.05) is 121 Å². The van der Waals surface area contributed by atoms with Gasteiger partial charge in [-0.25, -0.2) is 4.99 Å². The third kappa shape index (κ3) is 6.87. The SMILES string of the molecule is Cc1c(C2NC(c3ccccc3)=NC(C3=CCCC=C3)N2)cc(-c2ccc3sc4ccccc4c3c2)cc1C1NC(C2=CCCC=C2)NC(c2ccccc2)N1. The first-order chi connectivity index (χ1) is 27.6. The number of nitrogens with zero attached hydrogens (tertiary/aromatic N) is 1. The summed E-state index contributed by atoms with van der Waals surface area (Å²) >= 11 is 1.86. The largest absolute Gasteiger partial charge is 0.350 e. The quantitative estimate of drug-likeness (QED) is 0.112. The second-order valence-electron chi connectivity index (χ2n) is 15.2. The summed E-state index contributed by atoms with van der Waals surface area (Å²) in [5.74, 6) is 0.898. The standard InChI is InChI=1S/C49H46N6S/c1-31-39(48-52-44(32-16-6-2-7-17-32)50-45(53-48)33-18-8-3-9-19-33)29-37(36-26-27-43-41(28-36)38-24-14-15-25-42(38)56-43)30-40(31)49-54-46(34-20-10-4-11-21-34)51-47(55-49)35-22-12-5-13-23-35/h2,4,6-8,10-12,14-30,44-45,47-50,52-53,55H,3,5,9,13H2,1H3,(H,51,54). The first kappa shape index (κ1) is 35.0. The third-order valence-corrected chi connectivity index (χ3v) is 12.7. The second kappa shape index (κ2) is 15.3. The topological polar surface area (TPSA) is 72.5 Å². The van der Waals surface area contributed by atoms with E-state index in [1.165, 1.54) is 64.7 Å². The van der Waals surface area contributed by atoms with E-state index in [2.05, 4.69) is 185 Å². The lowest BCUT2D eigenvalue weighted by Gasteiger charge is -2.41. The maximum atomic E-state index is 5.27. The van der Waals surface area contributed by atoms with Crippen LogP contribution in [0.2, 0.25) is 0 Å². The van der Waals surface area contributed by atoms with Gasteiger partial charge < -0.3 is 5.32 Å². The molecule has 0 bridgehead atoms. The molecule has 3 heterocycles. The molecule has 5 N–H and O–H groups in total. The Labute approximate surface area is 332 Å². The molecule has 56 heavy (non-hydrogen) atoms. The number of hydrogen-bond acceptors (Lipinski definition) is 7. The second-order valence-corrected chi connectivity index (χ2v) is 16.2. The van der Waals surface area contributed by atoms with Gasteiger partial charge in [0, 0.05) is 25.7 Å². The molecule has 0 spiro atoms. The lowest BCUT2D eigenvalue weighted by atomic mass is 9.90. The summed E-state index contributed by atoms with van der Waals surface area (Å²) in [6.07, 6.45) is 17.4. The molecule has 1 saturated heterocycles. The summed E-state index contributed by atoms with van der Waals surface area (Å²) in [6.45, 7) is 2.29. The fourth-order valence-electron chi connectivity index (χ4n) is 8.60. The lowest BCUT2D eigenvalue weighted by molar-refractivity contribution is 0.223. The van der Waals surface area contributed by atoms with Gasteiger partial charge in [0.15, 0.2) is 0 Å². The zero-order valence-electron chi connectivity index (χ0n) is 31.5. The van der Waals surface area contributed by atoms with Crippen LogP contribution in [0.5, 0.6) is 0 Å². The van der Waals surface area contributed by atoms with Gasteiger partial charge in [0.2, 0.25) is 0 Å². The smallest absolute Gasteiger partial charge is 0.131 e. The van der Waals surface area contributed by atoms with E-state index >= 15 is 0 Å². The normalized spacial score (nSPS) is 23.7. The Kier molecular flexibility index (Phi) is 9.55. The molecule has 2 aliphatic heterocycles. The van der Waals surface area contributed by atoms with E-state index in [0.29, 0.717) is 0 Å². The van der Waals surface area contributed by atoms with Crippen molar-refractivity contribution in [3.63, 3.8) is 0 Å². The van der Waals surface area contributed by atoms with Crippen LogP contribution in [0.15, 0.2) is 168 Å². The minimum Gasteiger partial charge on any atom is -0.350 e. The van der Waals surface area contributed by atoms with Crippen LogP contribution in [0.25, 0.3) is 31.3 Å². The summed E-state index contributed by atoms with van der Waals surface area (Å²) in [5, 5.41) is 22.3. The lowest BCUT2D eigenvalue weighted by Crippen LogP contribution is -2.59. The Balaban J connectivity index is 1.12. The monoisotopic (exact) mass is 750 g/mol. The highest BCUT2D eigenvalue weighted by atomic mass is 32.1. The molecule has 0 radical (unpaired) electrons. The van der Waals surface area contributed by atoms with Crippen molar-refractivity contribution in [3.05, 3.63) is 191 Å². The molecular formula is C49H46N6S. The van der Waals surface area contributed by atoms with Gasteiger partial charge in [-0.3, -0.25) is 21.3 Å². The molecule has 2 aliphatic carbocycles. The van der Waals surface area contributed by atoms with Crippen LogP contribution in [0.1, 0.15) is 72.0 Å². The molecule has 1 aromatic heterocycles. The van der Waals surface area contributed by atoms with Gasteiger partial charge in [-0.2, -0.15) is 0 Å². The Morgan fingerprint density at radius 3 is 1.96 bits per heavy atom. The van der Waals surface area contributed by atoms with E-state index in [0.717, 1.165) is 37.1 Å². The van der Waals surface area contributed by atoms with Crippen LogP contribution < -0.4 is 26.6 Å². The average Bonchev–Trinajstić information content (AvgIpc) is 3.65. The summed E-state index contributed by atoms with van der Waals surface area (Å²) < 4.78 is 2.63. The molecule has 6 aromatic rings. The number of fused-ring (bicyclic) bond motifs is 3. The minimum absolute atomic E-state index is 0.0276. The molecule has 5 aromatic carbocycles. The van der Waals surface area contributed by atoms with Gasteiger partial charge in [0.25, 0.3) is 0 Å². The zero-order valence-corrected chi connectivity index (χ0v) is 32.3. The first-order valence-electron chi connectivity index (χ1n) is 19.9. The van der Waals surface area contributed by atoms with E-state index in [1.807, 2.05) is 11.3 Å². The zero-order chi connectivity index (χ0) is 37.4. The number of benzene rings is 5. The Bertz CT molecular complexity index is 2560. The van der Waals surface area contributed by atoms with E-state index in [-0.39, 0.29) is 30.8 Å². The molecule has 5 unspecified atom stereocenters. The fraction of sp³-hybridized carbons (Fsp3) is 0.204. The molecule has 10 rings (SSSR count). The maximum Gasteiger partial charge on any atom is 0.131 e. The van der Waals surface area contributed by atoms with Crippen LogP contribution in [-0.4, -0.2) is 18.2 Å². The summed E-state index contributed by atoms with van der Waals surface area (Å²) in [4.78, 5) is 5.27. The molecular weight excluding hydrogens is 705 g/mol. The number of rotatable bonds is 7. The van der Waals surface area contributed by atoms with Crippen LogP contribution in [0, 0.1) is 6.92 Å². The van der Waals surface area contributed by atoms with E-state index in [4.69, 9.17) is 4.99 Å². The fourth-order valence-corrected chi connectivity index (χ4v) is 9.69. The van der Waals surface area contributed by atoms with Gasteiger partial charge in [-0.05, 0) is 107 Å². The maximum absolute atomic E-state index is 5.27. The van der Waals surface area contributed by atoms with Crippen LogP contribution in [-0.2, 0) is 0 Å². The van der Waals surface area contributed by atoms with Crippen molar-refractivity contribution in [1.82, 2.24) is 26.6 Å². The predicted octanol–water partition coefficient (Wildman–Crippen LogP) is 10.4. The number of amidine groups is 1. The molecule has 7 heteroatoms. The van der Waals surface area contributed by atoms with Gasteiger partial charge in [0.1, 0.15) is 18.2 Å². The molecule has 0 amide bonds. The van der Waals surface area contributed by atoms with Crippen molar-refractivity contribution >= 4 is 37.3 Å². The molecule has 1 fully saturated rings. The van der Waals surface area contributed by atoms with Crippen molar-refractivity contribution in [2.24, 2.45) is 4.99 Å². The van der Waals surface area contributed by atoms with Crippen molar-refractivity contribution in [2.75, 3.05) is 0 Å². The van der Waals surface area contributed by atoms with Crippen molar-refractivity contribution in [1.29, 1.82) is 0 Å². The Hall–Kier alpha value is -5.41. The first-order valence-corrected chi connectivity index (χ1v) is 20.7. The van der Waals surface area contributed by atoms with Crippen LogP contribution >= 0.6 is 11.3 Å². The molecule has 5 atom stereocenters.